The molecule has 0 radical (unpaired) electrons. The average molecular weight is 382 g/mol. The van der Waals surface area contributed by atoms with Gasteiger partial charge in [-0.15, -0.1) is 5.10 Å². The Hall–Kier alpha value is -3.73. The van der Waals surface area contributed by atoms with Gasteiger partial charge in [-0.25, -0.2) is 9.67 Å². The van der Waals surface area contributed by atoms with Crippen LogP contribution in [0.5, 0.6) is 0 Å². The van der Waals surface area contributed by atoms with E-state index in [0.717, 1.165) is 33.6 Å². The minimum absolute atomic E-state index is 0.130. The molecule has 3 aromatic carbocycles. The van der Waals surface area contributed by atoms with Gasteiger partial charge in [0.2, 0.25) is 5.82 Å². The lowest BCUT2D eigenvalue weighted by Gasteiger charge is -2.07. The van der Waals surface area contributed by atoms with E-state index in [2.05, 4.69) is 15.4 Å². The highest BCUT2D eigenvalue weighted by Gasteiger charge is 2.19. The summed E-state index contributed by atoms with van der Waals surface area (Å²) < 4.78 is 1.73. The summed E-state index contributed by atoms with van der Waals surface area (Å²) in [5, 5.41) is 7.45. The van der Waals surface area contributed by atoms with Crippen LogP contribution in [-0.4, -0.2) is 20.7 Å². The van der Waals surface area contributed by atoms with Crippen molar-refractivity contribution in [1.29, 1.82) is 0 Å². The third kappa shape index (κ3) is 3.94. The van der Waals surface area contributed by atoms with Crippen LogP contribution in [0, 0.1) is 20.8 Å². The van der Waals surface area contributed by atoms with Gasteiger partial charge in [0.05, 0.1) is 5.69 Å². The summed E-state index contributed by atoms with van der Waals surface area (Å²) >= 11 is 0. The number of hydrogen-bond donors (Lipinski definition) is 1. The topological polar surface area (TPSA) is 59.8 Å². The molecule has 0 fully saturated rings. The highest BCUT2D eigenvalue weighted by molar-refractivity contribution is 6.02. The molecule has 5 heteroatoms. The minimum atomic E-state index is -0.334. The van der Waals surface area contributed by atoms with E-state index >= 15 is 0 Å². The van der Waals surface area contributed by atoms with Gasteiger partial charge in [0, 0.05) is 11.3 Å². The molecule has 0 spiro atoms. The van der Waals surface area contributed by atoms with Crippen LogP contribution in [0.15, 0.2) is 72.8 Å². The van der Waals surface area contributed by atoms with Crippen LogP contribution in [0.3, 0.4) is 0 Å². The SMILES string of the molecule is Cc1ccc(-c2nc(C(=O)Nc3ccccc3C)nn2-c2cccc(C)c2)cc1. The Morgan fingerprint density at radius 3 is 2.34 bits per heavy atom. The predicted molar refractivity (Wildman–Crippen MR) is 115 cm³/mol. The number of anilines is 1. The van der Waals surface area contributed by atoms with Gasteiger partial charge in [0.1, 0.15) is 0 Å². The molecular formula is C24H22N4O. The van der Waals surface area contributed by atoms with Gasteiger partial charge in [-0.1, -0.05) is 60.2 Å². The first kappa shape index (κ1) is 18.6. The van der Waals surface area contributed by atoms with E-state index < -0.39 is 0 Å². The van der Waals surface area contributed by atoms with E-state index in [4.69, 9.17) is 0 Å². The molecule has 0 bridgehead atoms. The molecule has 0 unspecified atom stereocenters. The van der Waals surface area contributed by atoms with E-state index in [1.54, 1.807) is 4.68 Å². The molecule has 0 saturated heterocycles. The standard InChI is InChI=1S/C24H22N4O/c1-16-11-13-19(14-12-16)23-26-22(24(29)25-21-10-5-4-8-18(21)3)27-28(23)20-9-6-7-17(2)15-20/h4-15H,1-3H3,(H,25,29). The van der Waals surface area contributed by atoms with Crippen LogP contribution in [0.25, 0.3) is 17.1 Å². The fourth-order valence-electron chi connectivity index (χ4n) is 3.13. The maximum atomic E-state index is 12.9. The summed E-state index contributed by atoms with van der Waals surface area (Å²) in [6, 6.07) is 23.7. The maximum Gasteiger partial charge on any atom is 0.295 e. The molecule has 0 aliphatic rings. The average Bonchev–Trinajstić information content (AvgIpc) is 3.16. The summed E-state index contributed by atoms with van der Waals surface area (Å²) in [5.74, 6) is 0.426. The third-order valence-corrected chi connectivity index (χ3v) is 4.76. The van der Waals surface area contributed by atoms with E-state index in [-0.39, 0.29) is 11.7 Å². The van der Waals surface area contributed by atoms with Gasteiger partial charge in [0.15, 0.2) is 5.82 Å². The lowest BCUT2D eigenvalue weighted by atomic mass is 10.1. The molecule has 1 N–H and O–H groups in total. The van der Waals surface area contributed by atoms with Crippen molar-refractivity contribution >= 4 is 11.6 Å². The van der Waals surface area contributed by atoms with E-state index in [9.17, 15) is 4.79 Å². The van der Waals surface area contributed by atoms with Crippen LogP contribution in [0.2, 0.25) is 0 Å². The molecule has 1 aromatic heterocycles. The van der Waals surface area contributed by atoms with Gasteiger partial charge in [-0.05, 0) is 50.1 Å². The molecule has 144 valence electrons. The number of amides is 1. The number of aromatic nitrogens is 3. The number of carbonyl (C=O) groups is 1. The number of benzene rings is 3. The highest BCUT2D eigenvalue weighted by Crippen LogP contribution is 2.23. The first-order chi connectivity index (χ1) is 14.0. The van der Waals surface area contributed by atoms with Gasteiger partial charge in [-0.3, -0.25) is 4.79 Å². The monoisotopic (exact) mass is 382 g/mol. The second-order valence-corrected chi connectivity index (χ2v) is 7.14. The Kier molecular flexibility index (Phi) is 4.96. The normalized spacial score (nSPS) is 10.7. The van der Waals surface area contributed by atoms with Gasteiger partial charge in [-0.2, -0.15) is 0 Å². The van der Waals surface area contributed by atoms with Crippen LogP contribution >= 0.6 is 0 Å². The van der Waals surface area contributed by atoms with Crippen molar-refractivity contribution in [2.24, 2.45) is 0 Å². The number of rotatable bonds is 4. The molecule has 0 saturated carbocycles. The van der Waals surface area contributed by atoms with Crippen molar-refractivity contribution < 1.29 is 4.79 Å². The van der Waals surface area contributed by atoms with Crippen molar-refractivity contribution in [1.82, 2.24) is 14.8 Å². The smallest absolute Gasteiger partial charge is 0.295 e. The van der Waals surface area contributed by atoms with Crippen LogP contribution in [0.4, 0.5) is 5.69 Å². The Morgan fingerprint density at radius 2 is 1.62 bits per heavy atom. The molecule has 5 nitrogen and oxygen atoms in total. The summed E-state index contributed by atoms with van der Waals surface area (Å²) in [7, 11) is 0. The summed E-state index contributed by atoms with van der Waals surface area (Å²) in [6.07, 6.45) is 0. The quantitative estimate of drug-likeness (QED) is 0.533. The fraction of sp³-hybridized carbons (Fsp3) is 0.125. The Balaban J connectivity index is 1.78. The Labute approximate surface area is 170 Å². The first-order valence-electron chi connectivity index (χ1n) is 9.49. The fourth-order valence-corrected chi connectivity index (χ4v) is 3.13. The molecule has 4 rings (SSSR count). The number of nitrogens with one attached hydrogen (secondary N) is 1. The van der Waals surface area contributed by atoms with E-state index in [1.165, 1.54) is 0 Å². The van der Waals surface area contributed by atoms with E-state index in [0.29, 0.717) is 5.82 Å². The molecule has 0 aliphatic heterocycles. The number of para-hydroxylation sites is 1. The Bertz CT molecular complexity index is 1180. The number of carbonyl (C=O) groups excluding carboxylic acids is 1. The predicted octanol–water partition coefficient (Wildman–Crippen LogP) is 5.11. The first-order valence-corrected chi connectivity index (χ1v) is 9.49. The van der Waals surface area contributed by atoms with E-state index in [1.807, 2.05) is 93.6 Å². The van der Waals surface area contributed by atoms with Gasteiger partial charge < -0.3 is 5.32 Å². The molecular weight excluding hydrogens is 360 g/mol. The molecule has 1 heterocycles. The summed E-state index contributed by atoms with van der Waals surface area (Å²) in [5.41, 5.74) is 5.77. The number of aryl methyl sites for hydroxylation is 3. The molecule has 29 heavy (non-hydrogen) atoms. The van der Waals surface area contributed by atoms with Crippen LogP contribution in [-0.2, 0) is 0 Å². The molecule has 0 atom stereocenters. The molecule has 0 aliphatic carbocycles. The van der Waals surface area contributed by atoms with Crippen molar-refractivity contribution in [2.45, 2.75) is 20.8 Å². The second-order valence-electron chi connectivity index (χ2n) is 7.14. The zero-order chi connectivity index (χ0) is 20.4. The molecule has 4 aromatic rings. The van der Waals surface area contributed by atoms with Crippen LogP contribution < -0.4 is 5.32 Å². The van der Waals surface area contributed by atoms with Gasteiger partial charge in [0.25, 0.3) is 5.91 Å². The number of nitrogens with zero attached hydrogens (tertiary/aromatic N) is 3. The lowest BCUT2D eigenvalue weighted by molar-refractivity contribution is 0.101. The summed E-state index contributed by atoms with van der Waals surface area (Å²) in [6.45, 7) is 6.01. The maximum absolute atomic E-state index is 12.9. The highest BCUT2D eigenvalue weighted by atomic mass is 16.2. The van der Waals surface area contributed by atoms with Crippen molar-refractivity contribution in [3.05, 3.63) is 95.3 Å². The third-order valence-electron chi connectivity index (χ3n) is 4.76. The summed E-state index contributed by atoms with van der Waals surface area (Å²) in [4.78, 5) is 17.4. The molecule has 1 amide bonds. The van der Waals surface area contributed by atoms with Crippen molar-refractivity contribution in [2.75, 3.05) is 5.32 Å². The van der Waals surface area contributed by atoms with Crippen molar-refractivity contribution in [3.63, 3.8) is 0 Å². The lowest BCUT2D eigenvalue weighted by Crippen LogP contribution is -2.15. The van der Waals surface area contributed by atoms with Crippen molar-refractivity contribution in [3.8, 4) is 17.1 Å². The van der Waals surface area contributed by atoms with Crippen LogP contribution in [0.1, 0.15) is 27.3 Å². The number of hydrogen-bond acceptors (Lipinski definition) is 3. The Morgan fingerprint density at radius 1 is 0.862 bits per heavy atom. The zero-order valence-corrected chi connectivity index (χ0v) is 16.7. The zero-order valence-electron chi connectivity index (χ0n) is 16.7. The minimum Gasteiger partial charge on any atom is -0.319 e. The second kappa shape index (κ2) is 7.72. The largest absolute Gasteiger partial charge is 0.319 e. The van der Waals surface area contributed by atoms with Gasteiger partial charge >= 0.3 is 0 Å².